The number of fused-ring (bicyclic) bond motifs is 1. The number of anilines is 2. The highest BCUT2D eigenvalue weighted by molar-refractivity contribution is 6.05. The molecule has 2 aromatic carbocycles. The maximum absolute atomic E-state index is 12.4. The third kappa shape index (κ3) is 4.17. The molecule has 0 spiro atoms. The number of carbonyl (C=O) groups is 2. The molecule has 0 atom stereocenters. The van der Waals surface area contributed by atoms with E-state index in [9.17, 15) is 9.59 Å². The van der Waals surface area contributed by atoms with Crippen LogP contribution in [0, 0.1) is 0 Å². The molecule has 5 nitrogen and oxygen atoms in total. The molecule has 0 radical (unpaired) electrons. The number of rotatable bonds is 5. The molecular formula is C20H24ClN3O2. The molecule has 2 N–H and O–H groups in total. The third-order valence-corrected chi connectivity index (χ3v) is 4.52. The Morgan fingerprint density at radius 3 is 2.35 bits per heavy atom. The average Bonchev–Trinajstić information content (AvgIpc) is 3.11. The van der Waals surface area contributed by atoms with Gasteiger partial charge in [-0.2, -0.15) is 0 Å². The van der Waals surface area contributed by atoms with Gasteiger partial charge in [0.25, 0.3) is 11.8 Å². The zero-order valence-corrected chi connectivity index (χ0v) is 15.9. The smallest absolute Gasteiger partial charge is 0.255 e. The Morgan fingerprint density at radius 2 is 1.69 bits per heavy atom. The second kappa shape index (κ2) is 8.72. The van der Waals surface area contributed by atoms with E-state index in [-0.39, 0.29) is 24.2 Å². The second-order valence-corrected chi connectivity index (χ2v) is 6.06. The van der Waals surface area contributed by atoms with Crippen molar-refractivity contribution in [1.29, 1.82) is 0 Å². The molecule has 2 aromatic rings. The van der Waals surface area contributed by atoms with Gasteiger partial charge in [0.2, 0.25) is 0 Å². The quantitative estimate of drug-likeness (QED) is 0.837. The molecule has 0 saturated heterocycles. The van der Waals surface area contributed by atoms with Crippen LogP contribution >= 0.6 is 12.4 Å². The van der Waals surface area contributed by atoms with Gasteiger partial charge in [-0.15, -0.1) is 12.4 Å². The minimum Gasteiger partial charge on any atom is -0.384 e. The molecule has 0 aromatic heterocycles. The minimum absolute atomic E-state index is 0. The van der Waals surface area contributed by atoms with E-state index in [0.29, 0.717) is 29.9 Å². The summed E-state index contributed by atoms with van der Waals surface area (Å²) in [5, 5.41) is 6.17. The Labute approximate surface area is 160 Å². The van der Waals surface area contributed by atoms with Crippen LogP contribution in [0.15, 0.2) is 42.5 Å². The Bertz CT molecular complexity index is 786. The van der Waals surface area contributed by atoms with Crippen LogP contribution < -0.4 is 10.6 Å². The van der Waals surface area contributed by atoms with Gasteiger partial charge in [-0.3, -0.25) is 9.59 Å². The van der Waals surface area contributed by atoms with Gasteiger partial charge in [0.15, 0.2) is 0 Å². The summed E-state index contributed by atoms with van der Waals surface area (Å²) in [4.78, 5) is 26.5. The highest BCUT2D eigenvalue weighted by Gasteiger charge is 2.15. The fourth-order valence-electron chi connectivity index (χ4n) is 3.04. The molecule has 1 heterocycles. The molecule has 0 saturated carbocycles. The molecule has 138 valence electrons. The van der Waals surface area contributed by atoms with Gasteiger partial charge >= 0.3 is 0 Å². The van der Waals surface area contributed by atoms with E-state index in [4.69, 9.17) is 0 Å². The zero-order valence-electron chi connectivity index (χ0n) is 15.0. The lowest BCUT2D eigenvalue weighted by Gasteiger charge is -2.18. The lowest BCUT2D eigenvalue weighted by atomic mass is 10.1. The Balaban J connectivity index is 0.00000243. The molecule has 26 heavy (non-hydrogen) atoms. The predicted octanol–water partition coefficient (Wildman–Crippen LogP) is 3.81. The molecule has 3 rings (SSSR count). The van der Waals surface area contributed by atoms with E-state index in [1.54, 1.807) is 29.2 Å². The maximum atomic E-state index is 12.4. The average molecular weight is 374 g/mol. The standard InChI is InChI=1S/C20H23N3O2.ClH/c1-3-23(4-2)20(25)14-5-8-17(9-6-14)22-19(24)16-7-10-18-15(13-16)11-12-21-18;/h5-10,13,21H,3-4,11-12H2,1-2H3,(H,22,24);1H. The van der Waals surface area contributed by atoms with Crippen LogP contribution in [0.3, 0.4) is 0 Å². The lowest BCUT2D eigenvalue weighted by Crippen LogP contribution is -2.30. The summed E-state index contributed by atoms with van der Waals surface area (Å²) in [6.45, 7) is 6.20. The van der Waals surface area contributed by atoms with Crippen molar-refractivity contribution >= 4 is 35.6 Å². The Morgan fingerprint density at radius 1 is 1.04 bits per heavy atom. The van der Waals surface area contributed by atoms with Crippen LogP contribution in [-0.2, 0) is 6.42 Å². The molecule has 2 amide bonds. The first kappa shape index (κ1) is 19.8. The topological polar surface area (TPSA) is 61.4 Å². The van der Waals surface area contributed by atoms with E-state index in [0.717, 1.165) is 18.7 Å². The van der Waals surface area contributed by atoms with Gasteiger partial charge in [-0.1, -0.05) is 0 Å². The van der Waals surface area contributed by atoms with E-state index in [1.807, 2.05) is 32.0 Å². The molecule has 0 unspecified atom stereocenters. The summed E-state index contributed by atoms with van der Waals surface area (Å²) < 4.78 is 0. The normalized spacial score (nSPS) is 11.8. The molecule has 1 aliphatic heterocycles. The van der Waals surface area contributed by atoms with E-state index < -0.39 is 0 Å². The van der Waals surface area contributed by atoms with E-state index in [1.165, 1.54) is 5.56 Å². The Hall–Kier alpha value is -2.53. The highest BCUT2D eigenvalue weighted by Crippen LogP contribution is 2.23. The number of nitrogens with one attached hydrogen (secondary N) is 2. The Kier molecular flexibility index (Phi) is 6.64. The number of hydrogen-bond donors (Lipinski definition) is 2. The number of benzene rings is 2. The number of amides is 2. The summed E-state index contributed by atoms with van der Waals surface area (Å²) in [6.07, 6.45) is 0.943. The van der Waals surface area contributed by atoms with Crippen molar-refractivity contribution in [2.75, 3.05) is 30.3 Å². The summed E-state index contributed by atoms with van der Waals surface area (Å²) in [6, 6.07) is 12.7. The van der Waals surface area contributed by atoms with Crippen LogP contribution in [-0.4, -0.2) is 36.3 Å². The largest absolute Gasteiger partial charge is 0.384 e. The summed E-state index contributed by atoms with van der Waals surface area (Å²) >= 11 is 0. The van der Waals surface area contributed by atoms with Crippen molar-refractivity contribution in [2.24, 2.45) is 0 Å². The monoisotopic (exact) mass is 373 g/mol. The third-order valence-electron chi connectivity index (χ3n) is 4.52. The predicted molar refractivity (Wildman–Crippen MR) is 108 cm³/mol. The van der Waals surface area contributed by atoms with Gasteiger partial charge in [-0.25, -0.2) is 0 Å². The number of halogens is 1. The highest BCUT2D eigenvalue weighted by atomic mass is 35.5. The van der Waals surface area contributed by atoms with Crippen molar-refractivity contribution in [3.05, 3.63) is 59.2 Å². The van der Waals surface area contributed by atoms with Gasteiger partial charge in [-0.05, 0) is 68.3 Å². The lowest BCUT2D eigenvalue weighted by molar-refractivity contribution is 0.0773. The molecule has 0 bridgehead atoms. The van der Waals surface area contributed by atoms with Crippen LogP contribution in [0.2, 0.25) is 0 Å². The molecule has 0 fully saturated rings. The van der Waals surface area contributed by atoms with Crippen molar-refractivity contribution in [3.63, 3.8) is 0 Å². The minimum atomic E-state index is -0.141. The summed E-state index contributed by atoms with van der Waals surface area (Å²) in [5.41, 5.74) is 4.24. The second-order valence-electron chi connectivity index (χ2n) is 6.06. The first-order valence-electron chi connectivity index (χ1n) is 8.70. The zero-order chi connectivity index (χ0) is 17.8. The molecule has 6 heteroatoms. The molecule has 0 aliphatic carbocycles. The van der Waals surface area contributed by atoms with Gasteiger partial charge in [0, 0.05) is 42.1 Å². The van der Waals surface area contributed by atoms with Crippen LogP contribution in [0.4, 0.5) is 11.4 Å². The van der Waals surface area contributed by atoms with Crippen LogP contribution in [0.5, 0.6) is 0 Å². The fourth-order valence-corrected chi connectivity index (χ4v) is 3.04. The first-order valence-corrected chi connectivity index (χ1v) is 8.70. The fraction of sp³-hybridized carbons (Fsp3) is 0.300. The number of carbonyl (C=O) groups excluding carboxylic acids is 2. The SMILES string of the molecule is CCN(CC)C(=O)c1ccc(NC(=O)c2ccc3c(c2)CCN3)cc1.Cl. The van der Waals surface area contributed by atoms with E-state index in [2.05, 4.69) is 10.6 Å². The van der Waals surface area contributed by atoms with Crippen LogP contribution in [0.1, 0.15) is 40.1 Å². The van der Waals surface area contributed by atoms with Crippen molar-refractivity contribution in [3.8, 4) is 0 Å². The first-order chi connectivity index (χ1) is 12.1. The molecular weight excluding hydrogens is 350 g/mol. The summed E-state index contributed by atoms with van der Waals surface area (Å²) in [5.74, 6) is -0.133. The maximum Gasteiger partial charge on any atom is 0.255 e. The van der Waals surface area contributed by atoms with Crippen molar-refractivity contribution in [2.45, 2.75) is 20.3 Å². The van der Waals surface area contributed by atoms with Crippen LogP contribution in [0.25, 0.3) is 0 Å². The number of nitrogens with zero attached hydrogens (tertiary/aromatic N) is 1. The van der Waals surface area contributed by atoms with Crippen molar-refractivity contribution < 1.29 is 9.59 Å². The van der Waals surface area contributed by atoms with E-state index >= 15 is 0 Å². The van der Waals surface area contributed by atoms with Gasteiger partial charge < -0.3 is 15.5 Å². The van der Waals surface area contributed by atoms with Gasteiger partial charge in [0.05, 0.1) is 0 Å². The van der Waals surface area contributed by atoms with Gasteiger partial charge in [0.1, 0.15) is 0 Å². The van der Waals surface area contributed by atoms with Crippen molar-refractivity contribution in [1.82, 2.24) is 4.90 Å². The summed E-state index contributed by atoms with van der Waals surface area (Å²) in [7, 11) is 0. The number of hydrogen-bond acceptors (Lipinski definition) is 3. The molecule has 1 aliphatic rings.